The van der Waals surface area contributed by atoms with Gasteiger partial charge < -0.3 is 10.2 Å². The molecule has 2 aromatic rings. The van der Waals surface area contributed by atoms with Crippen molar-refractivity contribution in [3.05, 3.63) is 65.2 Å². The van der Waals surface area contributed by atoms with Crippen LogP contribution in [0.2, 0.25) is 0 Å². The van der Waals surface area contributed by atoms with Crippen LogP contribution in [0.5, 0.6) is 0 Å². The fourth-order valence-corrected chi connectivity index (χ4v) is 4.64. The van der Waals surface area contributed by atoms with E-state index in [-0.39, 0.29) is 12.5 Å². The zero-order chi connectivity index (χ0) is 26.6. The van der Waals surface area contributed by atoms with Crippen molar-refractivity contribution in [1.29, 1.82) is 0 Å². The van der Waals surface area contributed by atoms with Gasteiger partial charge in [-0.2, -0.15) is 12.7 Å². The lowest BCUT2D eigenvalue weighted by molar-refractivity contribution is -0.140. The molecule has 0 unspecified atom stereocenters. The third-order valence-electron chi connectivity index (χ3n) is 5.51. The molecule has 35 heavy (non-hydrogen) atoms. The van der Waals surface area contributed by atoms with Crippen LogP contribution < -0.4 is 9.62 Å². The van der Waals surface area contributed by atoms with Gasteiger partial charge in [0.2, 0.25) is 11.8 Å². The Morgan fingerprint density at radius 3 is 2.14 bits per heavy atom. The highest BCUT2D eigenvalue weighted by Crippen LogP contribution is 2.26. The molecule has 1 N–H and O–H groups in total. The summed E-state index contributed by atoms with van der Waals surface area (Å²) in [6, 6.07) is 14.0. The summed E-state index contributed by atoms with van der Waals surface area (Å²) in [6.07, 6.45) is 0. The molecule has 9 heteroatoms. The molecule has 0 aliphatic heterocycles. The molecule has 2 rings (SSSR count). The molecule has 0 saturated carbocycles. The molecule has 0 radical (unpaired) electrons. The maximum Gasteiger partial charge on any atom is 0.304 e. The second-order valence-corrected chi connectivity index (χ2v) is 12.1. The molecule has 8 nitrogen and oxygen atoms in total. The lowest BCUT2D eigenvalue weighted by atomic mass is 10.1. The largest absolute Gasteiger partial charge is 0.350 e. The first kappa shape index (κ1) is 28.3. The SMILES string of the molecule is Cc1ccc(C)c(N(CC(=O)N(Cc2ccccc2)[C@@H](C)C(=O)NC(C)(C)C)S(=O)(=O)N(C)C)c1. The van der Waals surface area contributed by atoms with Crippen LogP contribution in [0.3, 0.4) is 0 Å². The molecule has 0 aliphatic rings. The van der Waals surface area contributed by atoms with Crippen LogP contribution in [-0.2, 0) is 26.3 Å². The van der Waals surface area contributed by atoms with Crippen molar-refractivity contribution in [2.24, 2.45) is 0 Å². The highest BCUT2D eigenvalue weighted by Gasteiger charge is 2.34. The highest BCUT2D eigenvalue weighted by atomic mass is 32.2. The van der Waals surface area contributed by atoms with Crippen LogP contribution in [0, 0.1) is 13.8 Å². The quantitative estimate of drug-likeness (QED) is 0.570. The first-order valence-electron chi connectivity index (χ1n) is 11.6. The number of carbonyl (C=O) groups is 2. The minimum absolute atomic E-state index is 0.168. The van der Waals surface area contributed by atoms with Gasteiger partial charge in [0.25, 0.3) is 0 Å². The molecule has 0 aliphatic carbocycles. The topological polar surface area (TPSA) is 90.0 Å². The summed E-state index contributed by atoms with van der Waals surface area (Å²) in [6.45, 7) is 10.7. The van der Waals surface area contributed by atoms with Gasteiger partial charge in [-0.1, -0.05) is 42.5 Å². The fourth-order valence-electron chi connectivity index (χ4n) is 3.53. The van der Waals surface area contributed by atoms with Gasteiger partial charge in [0.1, 0.15) is 12.6 Å². The van der Waals surface area contributed by atoms with Gasteiger partial charge in [0.05, 0.1) is 5.69 Å². The van der Waals surface area contributed by atoms with Crippen LogP contribution in [-0.4, -0.2) is 61.7 Å². The van der Waals surface area contributed by atoms with Gasteiger partial charge >= 0.3 is 10.2 Å². The molecule has 2 amide bonds. The van der Waals surface area contributed by atoms with Crippen molar-refractivity contribution >= 4 is 27.7 Å². The van der Waals surface area contributed by atoms with E-state index >= 15 is 0 Å². The van der Waals surface area contributed by atoms with E-state index in [2.05, 4.69) is 5.32 Å². The summed E-state index contributed by atoms with van der Waals surface area (Å²) in [5, 5.41) is 2.92. The number of rotatable bonds is 9. The van der Waals surface area contributed by atoms with Gasteiger partial charge in [0, 0.05) is 26.2 Å². The Kier molecular flexibility index (Phi) is 9.08. The number of amides is 2. The molecule has 0 aromatic heterocycles. The van der Waals surface area contributed by atoms with Crippen LogP contribution in [0.25, 0.3) is 0 Å². The second kappa shape index (κ2) is 11.2. The minimum atomic E-state index is -3.99. The standard InChI is InChI=1S/C26H38N4O4S/c1-19-14-15-20(2)23(16-19)30(35(33,34)28(7)8)18-24(31)29(17-22-12-10-9-11-13-22)21(3)25(32)27-26(4,5)6/h9-16,21H,17-18H2,1-8H3,(H,27,32)/t21-/m0/s1. The summed E-state index contributed by atoms with van der Waals surface area (Å²) in [4.78, 5) is 28.2. The molecule has 0 saturated heterocycles. The number of hydrogen-bond acceptors (Lipinski definition) is 4. The van der Waals surface area contributed by atoms with E-state index < -0.39 is 34.2 Å². The molecule has 2 aromatic carbocycles. The Morgan fingerprint density at radius 1 is 1.00 bits per heavy atom. The maximum absolute atomic E-state index is 13.7. The third-order valence-corrected chi connectivity index (χ3v) is 7.32. The number of hydrogen-bond donors (Lipinski definition) is 1. The number of anilines is 1. The van der Waals surface area contributed by atoms with E-state index in [4.69, 9.17) is 0 Å². The normalized spacial score (nSPS) is 12.8. The van der Waals surface area contributed by atoms with E-state index in [1.165, 1.54) is 19.0 Å². The van der Waals surface area contributed by atoms with Crippen molar-refractivity contribution in [2.75, 3.05) is 24.9 Å². The Morgan fingerprint density at radius 2 is 1.60 bits per heavy atom. The minimum Gasteiger partial charge on any atom is -0.350 e. The van der Waals surface area contributed by atoms with Crippen LogP contribution in [0.4, 0.5) is 5.69 Å². The zero-order valence-electron chi connectivity index (χ0n) is 22.0. The average molecular weight is 503 g/mol. The maximum atomic E-state index is 13.7. The summed E-state index contributed by atoms with van der Waals surface area (Å²) in [5.41, 5.74) is 2.38. The van der Waals surface area contributed by atoms with Crippen molar-refractivity contribution in [3.63, 3.8) is 0 Å². The molecule has 1 atom stereocenters. The molecule has 0 bridgehead atoms. The van der Waals surface area contributed by atoms with E-state index in [1.807, 2.05) is 70.2 Å². The number of benzene rings is 2. The molecule has 0 fully saturated rings. The third kappa shape index (κ3) is 7.53. The summed E-state index contributed by atoms with van der Waals surface area (Å²) in [5.74, 6) is -0.785. The van der Waals surface area contributed by atoms with E-state index in [0.717, 1.165) is 25.3 Å². The molecule has 0 spiro atoms. The predicted octanol–water partition coefficient (Wildman–Crippen LogP) is 3.25. The lowest BCUT2D eigenvalue weighted by Gasteiger charge is -2.34. The van der Waals surface area contributed by atoms with Crippen LogP contribution >= 0.6 is 0 Å². The van der Waals surface area contributed by atoms with Gasteiger partial charge in [-0.25, -0.2) is 4.31 Å². The Balaban J connectivity index is 2.50. The Bertz CT molecular complexity index is 1140. The van der Waals surface area contributed by atoms with Crippen molar-refractivity contribution in [3.8, 4) is 0 Å². The van der Waals surface area contributed by atoms with Crippen molar-refractivity contribution in [2.45, 2.75) is 59.7 Å². The summed E-state index contributed by atoms with van der Waals surface area (Å²) < 4.78 is 28.8. The Hall–Kier alpha value is -2.91. The number of nitrogens with one attached hydrogen (secondary N) is 1. The van der Waals surface area contributed by atoms with E-state index in [1.54, 1.807) is 19.9 Å². The molecular formula is C26H38N4O4S. The Labute approximate surface area is 210 Å². The van der Waals surface area contributed by atoms with Crippen molar-refractivity contribution < 1.29 is 18.0 Å². The first-order chi connectivity index (χ1) is 16.1. The molecule has 0 heterocycles. The van der Waals surface area contributed by atoms with Gasteiger partial charge in [-0.3, -0.25) is 9.59 Å². The van der Waals surface area contributed by atoms with Gasteiger partial charge in [0.15, 0.2) is 0 Å². The summed E-state index contributed by atoms with van der Waals surface area (Å²) in [7, 11) is -1.13. The van der Waals surface area contributed by atoms with Crippen molar-refractivity contribution in [1.82, 2.24) is 14.5 Å². The summed E-state index contributed by atoms with van der Waals surface area (Å²) >= 11 is 0. The van der Waals surface area contributed by atoms with Gasteiger partial charge in [-0.15, -0.1) is 0 Å². The average Bonchev–Trinajstić information content (AvgIpc) is 2.76. The van der Waals surface area contributed by atoms with Crippen LogP contribution in [0.1, 0.15) is 44.4 Å². The number of nitrogens with zero attached hydrogens (tertiary/aromatic N) is 3. The van der Waals surface area contributed by atoms with Gasteiger partial charge in [-0.05, 0) is 64.3 Å². The van der Waals surface area contributed by atoms with E-state index in [0.29, 0.717) is 5.69 Å². The lowest BCUT2D eigenvalue weighted by Crippen LogP contribution is -2.55. The second-order valence-electron chi connectivity index (χ2n) is 10.0. The first-order valence-corrected chi connectivity index (χ1v) is 13.0. The molecule has 192 valence electrons. The van der Waals surface area contributed by atoms with E-state index in [9.17, 15) is 18.0 Å². The molecular weight excluding hydrogens is 464 g/mol. The number of aryl methyl sites for hydroxylation is 2. The van der Waals surface area contributed by atoms with Crippen LogP contribution in [0.15, 0.2) is 48.5 Å². The zero-order valence-corrected chi connectivity index (χ0v) is 22.8. The smallest absolute Gasteiger partial charge is 0.304 e. The fraction of sp³-hybridized carbons (Fsp3) is 0.462. The highest BCUT2D eigenvalue weighted by molar-refractivity contribution is 7.90. The number of carbonyl (C=O) groups excluding carboxylic acids is 2. The predicted molar refractivity (Wildman–Crippen MR) is 140 cm³/mol. The monoisotopic (exact) mass is 502 g/mol.